The van der Waals surface area contributed by atoms with E-state index < -0.39 is 0 Å². The molecular weight excluding hydrogens is 269 g/mol. The molecule has 0 N–H and O–H groups in total. The van der Waals surface area contributed by atoms with Crippen LogP contribution in [0.25, 0.3) is 5.57 Å². The molecule has 0 spiro atoms. The number of rotatable bonds is 2. The number of allylic oxidation sites excluding steroid dienone is 4. The molecule has 0 saturated heterocycles. The van der Waals surface area contributed by atoms with Gasteiger partial charge >= 0.3 is 0 Å². The summed E-state index contributed by atoms with van der Waals surface area (Å²) in [6.45, 7) is 10.5. The Hall–Kier alpha value is -0.196. The average molecular weight is 288 g/mol. The van der Waals surface area contributed by atoms with Crippen LogP contribution in [-0.2, 0) is 32.7 Å². The van der Waals surface area contributed by atoms with Crippen LogP contribution in [0.5, 0.6) is 0 Å². The van der Waals surface area contributed by atoms with Crippen LogP contribution < -0.4 is 0 Å². The van der Waals surface area contributed by atoms with Gasteiger partial charge in [-0.05, 0) is 12.5 Å². The molecular formula is C15H19Y-. The molecule has 1 aromatic carbocycles. The predicted molar refractivity (Wildman–Crippen MR) is 67.6 cm³/mol. The van der Waals surface area contributed by atoms with E-state index in [0.717, 1.165) is 0 Å². The Morgan fingerprint density at radius 2 is 1.50 bits per heavy atom. The molecule has 16 heavy (non-hydrogen) atoms. The van der Waals surface area contributed by atoms with Crippen LogP contribution in [0.4, 0.5) is 0 Å². The second-order valence-corrected chi connectivity index (χ2v) is 3.99. The topological polar surface area (TPSA) is 0 Å². The van der Waals surface area contributed by atoms with Crippen molar-refractivity contribution in [3.63, 3.8) is 0 Å². The molecule has 0 aliphatic carbocycles. The molecule has 0 bridgehead atoms. The van der Waals surface area contributed by atoms with Gasteiger partial charge in [-0.1, -0.05) is 43.7 Å². The molecule has 1 heteroatoms. The fraction of sp³-hybridized carbons (Fsp3) is 0.333. The van der Waals surface area contributed by atoms with E-state index in [9.17, 15) is 0 Å². The maximum atomic E-state index is 3.19. The van der Waals surface area contributed by atoms with Gasteiger partial charge in [0.05, 0.1) is 0 Å². The minimum absolute atomic E-state index is 0. The second-order valence-electron chi connectivity index (χ2n) is 3.99. The first-order chi connectivity index (χ1) is 7.06. The van der Waals surface area contributed by atoms with E-state index in [2.05, 4.69) is 58.0 Å². The van der Waals surface area contributed by atoms with E-state index in [0.29, 0.717) is 0 Å². The molecule has 83 valence electrons. The summed E-state index contributed by atoms with van der Waals surface area (Å²) in [6.07, 6.45) is 3.19. The van der Waals surface area contributed by atoms with Crippen LogP contribution in [0.2, 0.25) is 0 Å². The van der Waals surface area contributed by atoms with Gasteiger partial charge in [-0.25, -0.2) is 5.57 Å². The van der Waals surface area contributed by atoms with Gasteiger partial charge in [-0.2, -0.15) is 5.57 Å². The Bertz CT molecular complexity index is 394. The van der Waals surface area contributed by atoms with Crippen molar-refractivity contribution in [2.45, 2.75) is 34.6 Å². The van der Waals surface area contributed by atoms with Crippen LogP contribution in [0.3, 0.4) is 0 Å². The maximum absolute atomic E-state index is 3.19. The zero-order valence-corrected chi connectivity index (χ0v) is 13.7. The maximum Gasteiger partial charge on any atom is 0 e. The van der Waals surface area contributed by atoms with Crippen molar-refractivity contribution < 1.29 is 32.7 Å². The molecule has 1 radical (unpaired) electrons. The van der Waals surface area contributed by atoms with Crippen LogP contribution in [0.15, 0.2) is 35.4 Å². The summed E-state index contributed by atoms with van der Waals surface area (Å²) in [6, 6.07) is 8.66. The fourth-order valence-electron chi connectivity index (χ4n) is 1.49. The third kappa shape index (κ3) is 3.99. The summed E-state index contributed by atoms with van der Waals surface area (Å²) >= 11 is 0. The largest absolute Gasteiger partial charge is 0.275 e. The van der Waals surface area contributed by atoms with E-state index in [-0.39, 0.29) is 32.7 Å². The summed E-state index contributed by atoms with van der Waals surface area (Å²) in [5.41, 5.74) is 6.49. The van der Waals surface area contributed by atoms with Gasteiger partial charge in [-0.3, -0.25) is 6.08 Å². The first-order valence-electron chi connectivity index (χ1n) is 5.32. The molecule has 0 aromatic heterocycles. The van der Waals surface area contributed by atoms with Gasteiger partial charge in [-0.15, -0.1) is 19.4 Å². The van der Waals surface area contributed by atoms with Crippen molar-refractivity contribution in [2.75, 3.05) is 0 Å². The number of aryl methyl sites for hydroxylation is 1. The number of hydrogen-bond donors (Lipinski definition) is 0. The number of benzene rings is 1. The van der Waals surface area contributed by atoms with Gasteiger partial charge in [0.2, 0.25) is 0 Å². The Labute approximate surface area is 125 Å². The van der Waals surface area contributed by atoms with Gasteiger partial charge in [0, 0.05) is 32.7 Å². The molecule has 0 amide bonds. The van der Waals surface area contributed by atoms with E-state index >= 15 is 0 Å². The van der Waals surface area contributed by atoms with Crippen LogP contribution in [0, 0.1) is 13.0 Å². The van der Waals surface area contributed by atoms with Crippen LogP contribution in [-0.4, -0.2) is 0 Å². The van der Waals surface area contributed by atoms with Crippen molar-refractivity contribution in [3.05, 3.63) is 52.6 Å². The summed E-state index contributed by atoms with van der Waals surface area (Å²) in [5.74, 6) is 0. The van der Waals surface area contributed by atoms with E-state index in [1.165, 1.54) is 27.8 Å². The zero-order chi connectivity index (χ0) is 11.4. The van der Waals surface area contributed by atoms with Gasteiger partial charge in [0.25, 0.3) is 0 Å². The molecule has 1 aromatic rings. The third-order valence-electron chi connectivity index (χ3n) is 2.98. The van der Waals surface area contributed by atoms with Gasteiger partial charge < -0.3 is 0 Å². The van der Waals surface area contributed by atoms with E-state index in [1.807, 2.05) is 6.92 Å². The summed E-state index contributed by atoms with van der Waals surface area (Å²) in [7, 11) is 0. The van der Waals surface area contributed by atoms with E-state index in [4.69, 9.17) is 0 Å². The van der Waals surface area contributed by atoms with Crippen molar-refractivity contribution in [1.29, 1.82) is 0 Å². The minimum Gasteiger partial charge on any atom is -0.275 e. The average Bonchev–Trinajstić information content (AvgIpc) is 2.27. The molecule has 1 rings (SSSR count). The first-order valence-corrected chi connectivity index (χ1v) is 5.32. The molecule has 0 heterocycles. The fourth-order valence-corrected chi connectivity index (χ4v) is 1.49. The molecule has 0 aliphatic heterocycles. The van der Waals surface area contributed by atoms with Crippen LogP contribution >= 0.6 is 0 Å². The normalized spacial score (nSPS) is 12.9. The molecule has 0 aliphatic rings. The smallest absolute Gasteiger partial charge is 0 e. The third-order valence-corrected chi connectivity index (χ3v) is 2.98. The monoisotopic (exact) mass is 288 g/mol. The molecule has 0 fully saturated rings. The predicted octanol–water partition coefficient (Wildman–Crippen LogP) is 4.56. The Kier molecular flexibility index (Phi) is 7.10. The zero-order valence-electron chi connectivity index (χ0n) is 10.9. The molecule has 0 atom stereocenters. The van der Waals surface area contributed by atoms with Gasteiger partial charge in [0.15, 0.2) is 0 Å². The summed E-state index contributed by atoms with van der Waals surface area (Å²) in [5, 5.41) is 0. The quantitative estimate of drug-likeness (QED) is 0.553. The standard InChI is InChI=1S/C15H19.Y/c1-6-12(3)13(4)14(5)15-9-7-11(2)8-10-15;/h7-10H,1-5H3;/q-1;/b14-13+;. The second kappa shape index (κ2) is 7.19. The summed E-state index contributed by atoms with van der Waals surface area (Å²) in [4.78, 5) is 0. The van der Waals surface area contributed by atoms with Crippen molar-refractivity contribution in [3.8, 4) is 0 Å². The van der Waals surface area contributed by atoms with Gasteiger partial charge in [0.1, 0.15) is 0 Å². The van der Waals surface area contributed by atoms with Crippen LogP contribution in [0.1, 0.15) is 38.8 Å². The Morgan fingerprint density at radius 1 is 1.00 bits per heavy atom. The van der Waals surface area contributed by atoms with E-state index in [1.54, 1.807) is 0 Å². The first kappa shape index (κ1) is 15.8. The molecule has 0 nitrogen and oxygen atoms in total. The van der Waals surface area contributed by atoms with Crippen molar-refractivity contribution >= 4 is 5.57 Å². The van der Waals surface area contributed by atoms with Crippen molar-refractivity contribution in [2.24, 2.45) is 0 Å². The SMILES string of the molecule is C[C-]=C(C)/C(C)=C(\C)c1ccc(C)cc1.[Y]. The summed E-state index contributed by atoms with van der Waals surface area (Å²) < 4.78 is 0. The molecule has 0 saturated carbocycles. The Morgan fingerprint density at radius 3 is 1.94 bits per heavy atom. The molecule has 0 unspecified atom stereocenters. The van der Waals surface area contributed by atoms with Crippen molar-refractivity contribution in [1.82, 2.24) is 0 Å². The Balaban J connectivity index is 0.00000225. The number of hydrogen-bond acceptors (Lipinski definition) is 0. The minimum atomic E-state index is 0.